The second-order valence-corrected chi connectivity index (χ2v) is 6.34. The minimum Gasteiger partial charge on any atom is -1.00 e. The standard InChI is InChI=1S/C15H32N4O2.2ClH/c1-10(2)12(16)14(20)18-8-6-5-7-9-19-15(21)13(17)11(3)4;;/h10-13H,5-9,16-17H2,1-4H3,(H,18,20)(H,19,21);2*1H/t12-,13-;;/m0../s1. The summed E-state index contributed by atoms with van der Waals surface area (Å²) in [5.41, 5.74) is 7.70. The van der Waals surface area contributed by atoms with E-state index in [4.69, 9.17) is 0 Å². The normalized spacial score (nSPS) is 12.9. The molecule has 0 aliphatic heterocycles. The predicted octanol–water partition coefficient (Wildman–Crippen LogP) is -7.07. The minimum atomic E-state index is -0.186. The van der Waals surface area contributed by atoms with E-state index in [2.05, 4.69) is 22.1 Å². The van der Waals surface area contributed by atoms with Crippen LogP contribution in [0.5, 0.6) is 0 Å². The minimum absolute atomic E-state index is 0. The summed E-state index contributed by atoms with van der Waals surface area (Å²) in [6.45, 7) is 9.32. The van der Waals surface area contributed by atoms with Crippen LogP contribution in [0.3, 0.4) is 0 Å². The third kappa shape index (κ3) is 12.5. The van der Waals surface area contributed by atoms with Crippen molar-refractivity contribution in [2.45, 2.75) is 59.0 Å². The number of unbranched alkanes of at least 4 members (excludes halogenated alkanes) is 2. The summed E-state index contributed by atoms with van der Waals surface area (Å²) >= 11 is 0. The highest BCUT2D eigenvalue weighted by Crippen LogP contribution is 1.98. The van der Waals surface area contributed by atoms with Crippen LogP contribution in [0.2, 0.25) is 0 Å². The SMILES string of the molecule is CC(C)[C@H]([NH3+])C(=O)NCCCCCNC(=O)[C@@H]([NH3+])C(C)C.[Cl-].[Cl-]. The summed E-state index contributed by atoms with van der Waals surface area (Å²) < 4.78 is 0. The van der Waals surface area contributed by atoms with E-state index in [-0.39, 0.29) is 60.5 Å². The van der Waals surface area contributed by atoms with E-state index in [9.17, 15) is 9.59 Å². The van der Waals surface area contributed by atoms with Crippen molar-refractivity contribution in [1.29, 1.82) is 0 Å². The van der Waals surface area contributed by atoms with Gasteiger partial charge in [0.05, 0.1) is 0 Å². The molecule has 0 aromatic heterocycles. The molecule has 8 heteroatoms. The second-order valence-electron chi connectivity index (χ2n) is 6.34. The monoisotopic (exact) mass is 372 g/mol. The predicted molar refractivity (Wildman–Crippen MR) is 82.9 cm³/mol. The van der Waals surface area contributed by atoms with Crippen LogP contribution in [0.4, 0.5) is 0 Å². The third-order valence-electron chi connectivity index (χ3n) is 3.74. The average Bonchev–Trinajstić information content (AvgIpc) is 2.43. The van der Waals surface area contributed by atoms with Crippen LogP contribution in [0, 0.1) is 11.8 Å². The molecule has 0 aliphatic carbocycles. The number of carbonyl (C=O) groups excluding carboxylic acids is 2. The number of hydrogen-bond donors (Lipinski definition) is 4. The van der Waals surface area contributed by atoms with Crippen molar-refractivity contribution >= 4 is 11.8 Å². The Hall–Kier alpha value is -0.560. The number of rotatable bonds is 10. The maximum absolute atomic E-state index is 11.7. The van der Waals surface area contributed by atoms with Crippen LogP contribution in [0.1, 0.15) is 47.0 Å². The van der Waals surface area contributed by atoms with Crippen molar-refractivity contribution in [3.8, 4) is 0 Å². The first-order valence-corrected chi connectivity index (χ1v) is 7.99. The van der Waals surface area contributed by atoms with E-state index in [0.717, 1.165) is 19.3 Å². The quantitative estimate of drug-likeness (QED) is 0.285. The lowest BCUT2D eigenvalue weighted by Gasteiger charge is -2.13. The Bertz CT molecular complexity index is 299. The molecule has 0 spiro atoms. The van der Waals surface area contributed by atoms with E-state index in [1.54, 1.807) is 0 Å². The van der Waals surface area contributed by atoms with Crippen LogP contribution < -0.4 is 46.9 Å². The molecule has 0 aromatic rings. The lowest BCUT2D eigenvalue weighted by atomic mass is 10.0. The number of carbonyl (C=O) groups is 2. The summed E-state index contributed by atoms with van der Waals surface area (Å²) in [6.07, 6.45) is 2.82. The lowest BCUT2D eigenvalue weighted by molar-refractivity contribution is -0.414. The Morgan fingerprint density at radius 3 is 1.30 bits per heavy atom. The van der Waals surface area contributed by atoms with Gasteiger partial charge in [-0.1, -0.05) is 27.7 Å². The molecule has 0 bridgehead atoms. The molecule has 140 valence electrons. The largest absolute Gasteiger partial charge is 1.00 e. The van der Waals surface area contributed by atoms with Gasteiger partial charge in [0.1, 0.15) is 0 Å². The zero-order valence-electron chi connectivity index (χ0n) is 14.8. The molecule has 23 heavy (non-hydrogen) atoms. The van der Waals surface area contributed by atoms with Crippen LogP contribution in [0.25, 0.3) is 0 Å². The van der Waals surface area contributed by atoms with Crippen molar-refractivity contribution in [2.75, 3.05) is 13.1 Å². The highest BCUT2D eigenvalue weighted by atomic mass is 35.5. The molecule has 0 aliphatic rings. The highest BCUT2D eigenvalue weighted by molar-refractivity contribution is 5.80. The number of hydrogen-bond acceptors (Lipinski definition) is 2. The van der Waals surface area contributed by atoms with Crippen molar-refractivity contribution in [3.05, 3.63) is 0 Å². The van der Waals surface area contributed by atoms with Crippen molar-refractivity contribution in [1.82, 2.24) is 10.6 Å². The molecule has 0 unspecified atom stereocenters. The first-order chi connectivity index (χ1) is 9.77. The van der Waals surface area contributed by atoms with E-state index in [1.165, 1.54) is 0 Å². The van der Waals surface area contributed by atoms with Crippen molar-refractivity contribution < 1.29 is 45.9 Å². The first-order valence-electron chi connectivity index (χ1n) is 7.99. The molecule has 0 saturated carbocycles. The van der Waals surface area contributed by atoms with Crippen LogP contribution in [0.15, 0.2) is 0 Å². The second kappa shape index (κ2) is 15.0. The molecule has 2 atom stereocenters. The van der Waals surface area contributed by atoms with E-state index < -0.39 is 0 Å². The summed E-state index contributed by atoms with van der Waals surface area (Å²) in [5.74, 6) is 0.568. The topological polar surface area (TPSA) is 113 Å². The van der Waals surface area contributed by atoms with Crippen LogP contribution in [-0.2, 0) is 9.59 Å². The van der Waals surface area contributed by atoms with E-state index in [0.29, 0.717) is 13.1 Å². The van der Waals surface area contributed by atoms with E-state index >= 15 is 0 Å². The number of quaternary nitrogens is 2. The summed E-state index contributed by atoms with van der Waals surface area (Å²) in [5, 5.41) is 5.80. The van der Waals surface area contributed by atoms with Gasteiger partial charge in [0.25, 0.3) is 11.8 Å². The van der Waals surface area contributed by atoms with Crippen LogP contribution in [-0.4, -0.2) is 37.0 Å². The zero-order valence-corrected chi connectivity index (χ0v) is 16.3. The molecule has 0 aromatic carbocycles. The molecule has 8 N–H and O–H groups in total. The number of halogens is 2. The highest BCUT2D eigenvalue weighted by Gasteiger charge is 2.21. The molecular formula is C15H34Cl2N4O2. The fourth-order valence-corrected chi connectivity index (χ4v) is 1.72. The van der Waals surface area contributed by atoms with Gasteiger partial charge in [0.2, 0.25) is 0 Å². The summed E-state index contributed by atoms with van der Waals surface area (Å²) in [6, 6.07) is -0.372. The van der Waals surface area contributed by atoms with Gasteiger partial charge in [0.15, 0.2) is 12.1 Å². The van der Waals surface area contributed by atoms with Gasteiger partial charge in [-0.05, 0) is 19.3 Å². The number of nitrogens with one attached hydrogen (secondary N) is 2. The molecule has 2 amide bonds. The molecule has 6 nitrogen and oxygen atoms in total. The Kier molecular flexibility index (Phi) is 17.8. The fourth-order valence-electron chi connectivity index (χ4n) is 1.72. The van der Waals surface area contributed by atoms with Gasteiger partial charge in [-0.3, -0.25) is 9.59 Å². The molecule has 0 rings (SSSR count). The molecular weight excluding hydrogens is 339 g/mol. The third-order valence-corrected chi connectivity index (χ3v) is 3.74. The Labute approximate surface area is 152 Å². The molecule has 0 radical (unpaired) electrons. The molecule has 0 heterocycles. The van der Waals surface area contributed by atoms with Gasteiger partial charge < -0.3 is 46.9 Å². The fraction of sp³-hybridized carbons (Fsp3) is 0.867. The van der Waals surface area contributed by atoms with Crippen molar-refractivity contribution in [3.63, 3.8) is 0 Å². The van der Waals surface area contributed by atoms with Gasteiger partial charge in [-0.2, -0.15) is 0 Å². The first kappa shape index (κ1) is 27.3. The van der Waals surface area contributed by atoms with Gasteiger partial charge >= 0.3 is 0 Å². The van der Waals surface area contributed by atoms with Gasteiger partial charge in [-0.15, -0.1) is 0 Å². The van der Waals surface area contributed by atoms with E-state index in [1.807, 2.05) is 27.7 Å². The zero-order chi connectivity index (χ0) is 16.4. The Balaban J connectivity index is -0.00000200. The van der Waals surface area contributed by atoms with Gasteiger partial charge in [0, 0.05) is 24.9 Å². The summed E-state index contributed by atoms with van der Waals surface area (Å²) in [4.78, 5) is 23.3. The Morgan fingerprint density at radius 1 is 0.739 bits per heavy atom. The Morgan fingerprint density at radius 2 is 1.04 bits per heavy atom. The maximum Gasteiger partial charge on any atom is 0.278 e. The maximum atomic E-state index is 11.7. The lowest BCUT2D eigenvalue weighted by Crippen LogP contribution is -3.00. The smallest absolute Gasteiger partial charge is 0.278 e. The molecule has 0 fully saturated rings. The van der Waals surface area contributed by atoms with Crippen molar-refractivity contribution in [2.24, 2.45) is 11.8 Å². The van der Waals surface area contributed by atoms with Crippen LogP contribution >= 0.6 is 0 Å². The molecule has 0 saturated heterocycles. The average molecular weight is 373 g/mol. The van der Waals surface area contributed by atoms with Gasteiger partial charge in [-0.25, -0.2) is 0 Å². The number of amides is 2. The summed E-state index contributed by atoms with van der Waals surface area (Å²) in [7, 11) is 0.